The van der Waals surface area contributed by atoms with Crippen molar-refractivity contribution in [1.82, 2.24) is 19.8 Å². The van der Waals surface area contributed by atoms with E-state index >= 15 is 0 Å². The maximum Gasteiger partial charge on any atom is 0.317 e. The van der Waals surface area contributed by atoms with Gasteiger partial charge in [-0.3, -0.25) is 0 Å². The lowest BCUT2D eigenvalue weighted by Crippen LogP contribution is -2.44. The van der Waals surface area contributed by atoms with E-state index in [0.717, 1.165) is 36.5 Å². The number of imidazole rings is 1. The molecule has 0 spiro atoms. The molecule has 0 radical (unpaired) electrons. The molecule has 1 N–H and O–H groups in total. The Morgan fingerprint density at radius 3 is 2.82 bits per heavy atom. The number of urea groups is 1. The maximum atomic E-state index is 12.2. The zero-order valence-corrected chi connectivity index (χ0v) is 14.0. The van der Waals surface area contributed by atoms with Crippen molar-refractivity contribution in [2.75, 3.05) is 13.1 Å². The first-order valence-electron chi connectivity index (χ1n) is 7.34. The number of likely N-dealkylation sites (tertiary alicyclic amines) is 1. The van der Waals surface area contributed by atoms with Crippen LogP contribution in [0.1, 0.15) is 30.0 Å². The minimum Gasteiger partial charge on any atom is -0.337 e. The molecular weight excluding hydrogens is 320 g/mol. The lowest BCUT2D eigenvalue weighted by molar-refractivity contribution is 0.180. The molecule has 3 rings (SSSR count). The number of aryl methyl sites for hydroxylation is 1. The van der Waals surface area contributed by atoms with Gasteiger partial charge < -0.3 is 14.8 Å². The van der Waals surface area contributed by atoms with Gasteiger partial charge in [-0.1, -0.05) is 11.6 Å². The summed E-state index contributed by atoms with van der Waals surface area (Å²) in [5, 5.41) is 7.52. The van der Waals surface area contributed by atoms with Crippen LogP contribution in [0.3, 0.4) is 0 Å². The van der Waals surface area contributed by atoms with Crippen LogP contribution in [0.2, 0.25) is 5.02 Å². The molecule has 0 aromatic carbocycles. The summed E-state index contributed by atoms with van der Waals surface area (Å²) in [5.41, 5.74) is 2.23. The zero-order valence-electron chi connectivity index (χ0n) is 12.5. The van der Waals surface area contributed by atoms with E-state index < -0.39 is 0 Å². The van der Waals surface area contributed by atoms with E-state index in [0.29, 0.717) is 12.5 Å². The standard InChI is InChI=1S/C15H19ClN4OS/c1-19-10-17-7-14(19)11-2-4-20(5-3-11)15(21)18-6-12-8-22-9-13(12)16/h7-11H,2-6H2,1H3,(H,18,21). The van der Waals surface area contributed by atoms with Gasteiger partial charge in [0.15, 0.2) is 0 Å². The second-order valence-corrected chi connectivity index (χ2v) is 6.75. The van der Waals surface area contributed by atoms with Gasteiger partial charge in [0.2, 0.25) is 0 Å². The van der Waals surface area contributed by atoms with Gasteiger partial charge in [-0.05, 0) is 18.2 Å². The Morgan fingerprint density at radius 2 is 2.23 bits per heavy atom. The molecule has 118 valence electrons. The fourth-order valence-electron chi connectivity index (χ4n) is 2.86. The monoisotopic (exact) mass is 338 g/mol. The molecule has 5 nitrogen and oxygen atoms in total. The second-order valence-electron chi connectivity index (χ2n) is 5.59. The molecule has 1 saturated heterocycles. The second kappa shape index (κ2) is 6.71. The first-order chi connectivity index (χ1) is 10.6. The van der Waals surface area contributed by atoms with Gasteiger partial charge in [-0.2, -0.15) is 11.3 Å². The smallest absolute Gasteiger partial charge is 0.317 e. The highest BCUT2D eigenvalue weighted by Gasteiger charge is 2.25. The summed E-state index contributed by atoms with van der Waals surface area (Å²) in [4.78, 5) is 18.3. The fourth-order valence-corrected chi connectivity index (χ4v) is 3.91. The molecule has 2 amide bonds. The summed E-state index contributed by atoms with van der Waals surface area (Å²) in [7, 11) is 2.02. The number of halogens is 1. The maximum absolute atomic E-state index is 12.2. The van der Waals surface area contributed by atoms with E-state index in [1.54, 1.807) is 11.3 Å². The van der Waals surface area contributed by atoms with Crippen LogP contribution in [0.5, 0.6) is 0 Å². The first kappa shape index (κ1) is 15.4. The quantitative estimate of drug-likeness (QED) is 0.934. The number of nitrogens with zero attached hydrogens (tertiary/aromatic N) is 3. The van der Waals surface area contributed by atoms with Crippen LogP contribution in [0, 0.1) is 0 Å². The first-order valence-corrected chi connectivity index (χ1v) is 8.67. The van der Waals surface area contributed by atoms with E-state index in [9.17, 15) is 4.79 Å². The van der Waals surface area contributed by atoms with E-state index in [4.69, 9.17) is 11.6 Å². The van der Waals surface area contributed by atoms with Crippen molar-refractivity contribution >= 4 is 29.0 Å². The van der Waals surface area contributed by atoms with Crippen LogP contribution in [-0.4, -0.2) is 33.6 Å². The molecule has 0 unspecified atom stereocenters. The normalized spacial score (nSPS) is 16.0. The number of hydrogen-bond donors (Lipinski definition) is 1. The summed E-state index contributed by atoms with van der Waals surface area (Å²) in [6, 6.07) is -0.00859. The van der Waals surface area contributed by atoms with Crippen LogP contribution in [0.25, 0.3) is 0 Å². The molecule has 0 aliphatic carbocycles. The molecule has 3 heterocycles. The molecule has 1 aliphatic rings. The highest BCUT2D eigenvalue weighted by atomic mass is 35.5. The van der Waals surface area contributed by atoms with Crippen molar-refractivity contribution in [3.8, 4) is 0 Å². The van der Waals surface area contributed by atoms with E-state index in [1.165, 1.54) is 5.69 Å². The number of carbonyl (C=O) groups excluding carboxylic acids is 1. The summed E-state index contributed by atoms with van der Waals surface area (Å²) in [5.74, 6) is 0.489. The minimum atomic E-state index is -0.00859. The molecular formula is C15H19ClN4OS. The topological polar surface area (TPSA) is 50.2 Å². The average molecular weight is 339 g/mol. The van der Waals surface area contributed by atoms with Crippen molar-refractivity contribution in [2.24, 2.45) is 7.05 Å². The molecule has 22 heavy (non-hydrogen) atoms. The van der Waals surface area contributed by atoms with Crippen LogP contribution in [0.4, 0.5) is 4.79 Å². The zero-order chi connectivity index (χ0) is 15.5. The van der Waals surface area contributed by atoms with Gasteiger partial charge in [0.25, 0.3) is 0 Å². The van der Waals surface area contributed by atoms with Gasteiger partial charge in [0.05, 0.1) is 11.3 Å². The summed E-state index contributed by atoms with van der Waals surface area (Å²) in [6.07, 6.45) is 5.72. The number of aromatic nitrogens is 2. The summed E-state index contributed by atoms with van der Waals surface area (Å²) < 4.78 is 2.07. The molecule has 1 fully saturated rings. The van der Waals surface area contributed by atoms with Crippen molar-refractivity contribution < 1.29 is 4.79 Å². The Morgan fingerprint density at radius 1 is 1.45 bits per heavy atom. The van der Waals surface area contributed by atoms with Gasteiger partial charge >= 0.3 is 6.03 Å². The molecule has 0 bridgehead atoms. The van der Waals surface area contributed by atoms with Crippen molar-refractivity contribution in [3.05, 3.63) is 39.6 Å². The number of piperidine rings is 1. The van der Waals surface area contributed by atoms with Gasteiger partial charge in [0.1, 0.15) is 0 Å². The Bertz CT molecular complexity index is 646. The Kier molecular flexibility index (Phi) is 4.69. The van der Waals surface area contributed by atoms with Crippen molar-refractivity contribution in [3.63, 3.8) is 0 Å². The third-order valence-corrected chi connectivity index (χ3v) is 5.45. The molecule has 2 aromatic rings. The van der Waals surface area contributed by atoms with E-state index in [2.05, 4.69) is 14.9 Å². The number of rotatable bonds is 3. The SMILES string of the molecule is Cn1cncc1C1CCN(C(=O)NCc2cscc2Cl)CC1. The Balaban J connectivity index is 1.50. The van der Waals surface area contributed by atoms with Crippen molar-refractivity contribution in [2.45, 2.75) is 25.3 Å². The number of hydrogen-bond acceptors (Lipinski definition) is 3. The third kappa shape index (κ3) is 3.28. The fraction of sp³-hybridized carbons (Fsp3) is 0.467. The van der Waals surface area contributed by atoms with Crippen LogP contribution < -0.4 is 5.32 Å². The lowest BCUT2D eigenvalue weighted by Gasteiger charge is -2.32. The van der Waals surface area contributed by atoms with Crippen molar-refractivity contribution in [1.29, 1.82) is 0 Å². The van der Waals surface area contributed by atoms with Crippen LogP contribution >= 0.6 is 22.9 Å². The Hall–Kier alpha value is -1.53. The number of amides is 2. The Labute approximate surface area is 138 Å². The highest BCUT2D eigenvalue weighted by molar-refractivity contribution is 7.08. The minimum absolute atomic E-state index is 0.00859. The van der Waals surface area contributed by atoms with E-state index in [1.807, 2.05) is 35.2 Å². The van der Waals surface area contributed by atoms with Gasteiger partial charge in [0, 0.05) is 55.4 Å². The molecule has 7 heteroatoms. The number of thiophene rings is 1. The number of nitrogens with one attached hydrogen (secondary N) is 1. The lowest BCUT2D eigenvalue weighted by atomic mass is 9.94. The predicted octanol–water partition coefficient (Wildman–Crippen LogP) is 3.22. The van der Waals surface area contributed by atoms with Gasteiger partial charge in [-0.25, -0.2) is 9.78 Å². The van der Waals surface area contributed by atoms with Gasteiger partial charge in [-0.15, -0.1) is 0 Å². The highest BCUT2D eigenvalue weighted by Crippen LogP contribution is 2.27. The largest absolute Gasteiger partial charge is 0.337 e. The number of carbonyl (C=O) groups is 1. The third-order valence-electron chi connectivity index (χ3n) is 4.17. The molecule has 2 aromatic heterocycles. The van der Waals surface area contributed by atoms with Crippen LogP contribution in [0.15, 0.2) is 23.3 Å². The molecule has 0 saturated carbocycles. The average Bonchev–Trinajstić information content (AvgIpc) is 3.13. The summed E-state index contributed by atoms with van der Waals surface area (Å²) >= 11 is 7.59. The van der Waals surface area contributed by atoms with Crippen LogP contribution in [-0.2, 0) is 13.6 Å². The summed E-state index contributed by atoms with van der Waals surface area (Å²) in [6.45, 7) is 2.04. The molecule has 1 aliphatic heterocycles. The molecule has 0 atom stereocenters. The van der Waals surface area contributed by atoms with E-state index in [-0.39, 0.29) is 6.03 Å². The predicted molar refractivity (Wildman–Crippen MR) is 88.3 cm³/mol.